The van der Waals surface area contributed by atoms with Crippen LogP contribution < -0.4 is 15.0 Å². The molecule has 45 heavy (non-hydrogen) atoms. The summed E-state index contributed by atoms with van der Waals surface area (Å²) in [5.74, 6) is -1.83. The third kappa shape index (κ3) is 8.30. The van der Waals surface area contributed by atoms with Crippen LogP contribution in [0.4, 0.5) is 28.4 Å². The largest absolute Gasteiger partial charge is 0.473 e. The maximum Gasteiger partial charge on any atom is 0.417 e. The molecule has 15 heteroatoms. The van der Waals surface area contributed by atoms with Gasteiger partial charge in [0, 0.05) is 39.3 Å². The maximum absolute atomic E-state index is 14.6. The summed E-state index contributed by atoms with van der Waals surface area (Å²) in [7, 11) is 2.48. The first-order chi connectivity index (χ1) is 20.8. The topological polar surface area (TPSA) is 127 Å². The molecule has 1 N–H and O–H groups in total. The summed E-state index contributed by atoms with van der Waals surface area (Å²) < 4.78 is 64.8. The maximum atomic E-state index is 14.6. The number of alkyl carbamates (subject to hydrolysis) is 1. The fourth-order valence-electron chi connectivity index (χ4n) is 5.52. The van der Waals surface area contributed by atoms with Crippen molar-refractivity contribution in [2.75, 3.05) is 51.9 Å². The number of methoxy groups -OCH3 is 2. The van der Waals surface area contributed by atoms with E-state index in [2.05, 4.69) is 10.1 Å². The first-order valence-electron chi connectivity index (χ1n) is 14.7. The molecule has 1 fully saturated rings. The molecule has 252 valence electrons. The number of anilines is 1. The Hall–Kier alpha value is -3.75. The van der Waals surface area contributed by atoms with Gasteiger partial charge >= 0.3 is 18.4 Å². The molecule has 2 heterocycles. The van der Waals surface area contributed by atoms with E-state index in [1.165, 1.54) is 23.8 Å². The number of amides is 4. The lowest BCUT2D eigenvalue weighted by atomic mass is 9.96. The van der Waals surface area contributed by atoms with E-state index in [0.29, 0.717) is 19.4 Å². The summed E-state index contributed by atoms with van der Waals surface area (Å²) in [5, 5.41) is 2.44. The molecule has 2 aliphatic heterocycles. The summed E-state index contributed by atoms with van der Waals surface area (Å²) in [6, 6.07) is 0.587. The van der Waals surface area contributed by atoms with Gasteiger partial charge in [-0.05, 0) is 66.5 Å². The average molecular weight is 645 g/mol. The third-order valence-corrected chi connectivity index (χ3v) is 7.40. The van der Waals surface area contributed by atoms with Crippen molar-refractivity contribution in [2.45, 2.75) is 83.8 Å². The first-order valence-corrected chi connectivity index (χ1v) is 14.7. The molecule has 1 aromatic carbocycles. The molecule has 1 aromatic rings. The number of benzene rings is 1. The van der Waals surface area contributed by atoms with Gasteiger partial charge in [0.1, 0.15) is 11.4 Å². The molecule has 12 nitrogen and oxygen atoms in total. The predicted octanol–water partition coefficient (Wildman–Crippen LogP) is 4.44. The minimum Gasteiger partial charge on any atom is -0.473 e. The van der Waals surface area contributed by atoms with E-state index in [0.717, 1.165) is 24.1 Å². The molecule has 2 atom stereocenters. The Balaban J connectivity index is 2.09. The second kappa shape index (κ2) is 13.7. The van der Waals surface area contributed by atoms with Gasteiger partial charge < -0.3 is 39.0 Å². The van der Waals surface area contributed by atoms with Crippen molar-refractivity contribution in [3.05, 3.63) is 23.3 Å². The Kier molecular flexibility index (Phi) is 10.9. The van der Waals surface area contributed by atoms with E-state index in [1.54, 1.807) is 34.6 Å². The van der Waals surface area contributed by atoms with Gasteiger partial charge in [0.15, 0.2) is 0 Å². The zero-order chi connectivity index (χ0) is 33.9. The number of piperidine rings is 1. The zero-order valence-corrected chi connectivity index (χ0v) is 27.0. The Bertz CT molecular complexity index is 1280. The minimum absolute atomic E-state index is 0.0701. The van der Waals surface area contributed by atoms with Crippen LogP contribution in [0.15, 0.2) is 12.1 Å². The SMILES string of the molecule is COCC1(C)Oc2cc(C(F)(F)F)c(C(=O)N(C(C)C)[C@@H]3CCCN(C(=O)OC(C)(C)C)C3)cc2N(CCNC(=O)OC)C1=O. The van der Waals surface area contributed by atoms with E-state index in [-0.39, 0.29) is 37.7 Å². The highest BCUT2D eigenvalue weighted by Gasteiger charge is 2.48. The molecule has 0 saturated carbocycles. The van der Waals surface area contributed by atoms with Crippen LogP contribution in [-0.4, -0.2) is 104 Å². The van der Waals surface area contributed by atoms with Gasteiger partial charge in [-0.15, -0.1) is 0 Å². The van der Waals surface area contributed by atoms with E-state index in [9.17, 15) is 32.3 Å². The molecule has 0 aliphatic carbocycles. The minimum atomic E-state index is -4.96. The number of nitrogens with zero attached hydrogens (tertiary/aromatic N) is 3. The lowest BCUT2D eigenvalue weighted by Crippen LogP contribution is -2.58. The van der Waals surface area contributed by atoms with E-state index < -0.39 is 64.6 Å². The van der Waals surface area contributed by atoms with Crippen LogP contribution in [-0.2, 0) is 25.2 Å². The van der Waals surface area contributed by atoms with Crippen LogP contribution in [0.5, 0.6) is 5.75 Å². The second-order valence-electron chi connectivity index (χ2n) is 12.5. The Morgan fingerprint density at radius 1 is 1.18 bits per heavy atom. The predicted molar refractivity (Wildman–Crippen MR) is 157 cm³/mol. The standard InChI is InChI=1S/C30H43F3N4O8/c1-18(2)37(19-10-9-12-35(16-19)27(41)45-28(3,4)5)24(38)20-14-22-23(15-21(20)30(31,32)33)44-29(6,17-42-7)25(39)36(22)13-11-34-26(40)43-8/h14-15,18-19H,9-13,16-17H2,1-8H3,(H,34,40)/t19-,29?/m1/s1. The Morgan fingerprint density at radius 2 is 1.84 bits per heavy atom. The number of nitrogens with one attached hydrogen (secondary N) is 1. The molecule has 0 spiro atoms. The molecule has 2 aliphatic rings. The molecule has 4 amide bonds. The van der Waals surface area contributed by atoms with Crippen molar-refractivity contribution in [2.24, 2.45) is 0 Å². The zero-order valence-electron chi connectivity index (χ0n) is 27.0. The van der Waals surface area contributed by atoms with Gasteiger partial charge in [0.2, 0.25) is 5.60 Å². The quantitative estimate of drug-likeness (QED) is 0.440. The fraction of sp³-hybridized carbons (Fsp3) is 0.667. The van der Waals surface area contributed by atoms with Crippen molar-refractivity contribution in [1.82, 2.24) is 15.1 Å². The van der Waals surface area contributed by atoms with Crippen LogP contribution in [0.3, 0.4) is 0 Å². The number of halogens is 3. The summed E-state index contributed by atoms with van der Waals surface area (Å²) in [6.45, 7) is 9.85. The lowest BCUT2D eigenvalue weighted by Gasteiger charge is -2.43. The highest BCUT2D eigenvalue weighted by atomic mass is 19.4. The average Bonchev–Trinajstić information content (AvgIpc) is 2.93. The number of hydrogen-bond acceptors (Lipinski definition) is 8. The lowest BCUT2D eigenvalue weighted by molar-refractivity contribution is -0.140. The summed E-state index contributed by atoms with van der Waals surface area (Å²) in [4.78, 5) is 56.2. The normalized spacial score (nSPS) is 20.4. The first kappa shape index (κ1) is 35.7. The molecule has 0 radical (unpaired) electrons. The molecular weight excluding hydrogens is 601 g/mol. The van der Waals surface area contributed by atoms with Crippen molar-refractivity contribution >= 4 is 29.7 Å². The van der Waals surface area contributed by atoms with Gasteiger partial charge in [-0.2, -0.15) is 13.2 Å². The van der Waals surface area contributed by atoms with Crippen LogP contribution in [0, 0.1) is 0 Å². The summed E-state index contributed by atoms with van der Waals surface area (Å²) in [5.41, 5.74) is -4.42. The smallest absolute Gasteiger partial charge is 0.417 e. The third-order valence-electron chi connectivity index (χ3n) is 7.40. The Labute approximate surface area is 261 Å². The van der Waals surface area contributed by atoms with Crippen molar-refractivity contribution < 1.29 is 51.3 Å². The molecule has 0 aromatic heterocycles. The Morgan fingerprint density at radius 3 is 2.40 bits per heavy atom. The molecule has 3 rings (SSSR count). The monoisotopic (exact) mass is 644 g/mol. The van der Waals surface area contributed by atoms with Crippen LogP contribution in [0.2, 0.25) is 0 Å². The molecular formula is C30H43F3N4O8. The summed E-state index contributed by atoms with van der Waals surface area (Å²) >= 11 is 0. The number of alkyl halides is 3. The number of likely N-dealkylation sites (tertiary alicyclic amines) is 1. The van der Waals surface area contributed by atoms with Crippen molar-refractivity contribution in [3.8, 4) is 5.75 Å². The fourth-order valence-corrected chi connectivity index (χ4v) is 5.52. The van der Waals surface area contributed by atoms with E-state index in [4.69, 9.17) is 14.2 Å². The van der Waals surface area contributed by atoms with Crippen LogP contribution in [0.1, 0.15) is 70.3 Å². The highest BCUT2D eigenvalue weighted by Crippen LogP contribution is 2.44. The van der Waals surface area contributed by atoms with Crippen LogP contribution in [0.25, 0.3) is 0 Å². The van der Waals surface area contributed by atoms with E-state index >= 15 is 0 Å². The van der Waals surface area contributed by atoms with Gasteiger partial charge in [0.25, 0.3) is 11.8 Å². The number of carbonyl (C=O) groups is 4. The number of rotatable bonds is 8. The number of hydrogen-bond donors (Lipinski definition) is 1. The molecule has 1 unspecified atom stereocenters. The second-order valence-corrected chi connectivity index (χ2v) is 12.5. The van der Waals surface area contributed by atoms with E-state index in [1.807, 2.05) is 0 Å². The number of fused-ring (bicyclic) bond motifs is 1. The molecule has 1 saturated heterocycles. The van der Waals surface area contributed by atoms with Gasteiger partial charge in [-0.1, -0.05) is 0 Å². The summed E-state index contributed by atoms with van der Waals surface area (Å²) in [6.07, 6.45) is -5.33. The number of ether oxygens (including phenoxy) is 4. The van der Waals surface area contributed by atoms with Crippen LogP contribution >= 0.6 is 0 Å². The van der Waals surface area contributed by atoms with Crippen molar-refractivity contribution in [1.29, 1.82) is 0 Å². The molecule has 0 bridgehead atoms. The van der Waals surface area contributed by atoms with Crippen molar-refractivity contribution in [3.63, 3.8) is 0 Å². The highest BCUT2D eigenvalue weighted by molar-refractivity contribution is 6.05. The number of carbonyl (C=O) groups excluding carboxylic acids is 4. The van der Waals surface area contributed by atoms with Gasteiger partial charge in [-0.3, -0.25) is 9.59 Å². The van der Waals surface area contributed by atoms with Gasteiger partial charge in [-0.25, -0.2) is 9.59 Å². The van der Waals surface area contributed by atoms with Gasteiger partial charge in [0.05, 0.1) is 36.6 Å².